The number of hydrogen-bond donors (Lipinski definition) is 1. The van der Waals surface area contributed by atoms with Gasteiger partial charge in [0, 0.05) is 17.4 Å². The van der Waals surface area contributed by atoms with Crippen molar-refractivity contribution < 1.29 is 4.39 Å². The van der Waals surface area contributed by atoms with Gasteiger partial charge in [0.1, 0.15) is 11.7 Å². The lowest BCUT2D eigenvalue weighted by Crippen LogP contribution is -2.16. The molecule has 1 aliphatic rings. The molecule has 1 aliphatic heterocycles. The second kappa shape index (κ2) is 4.75. The highest BCUT2D eigenvalue weighted by Gasteiger charge is 2.08. The van der Waals surface area contributed by atoms with Gasteiger partial charge in [-0.2, -0.15) is 0 Å². The van der Waals surface area contributed by atoms with Crippen LogP contribution >= 0.6 is 15.9 Å². The van der Waals surface area contributed by atoms with Gasteiger partial charge < -0.3 is 5.32 Å². The Morgan fingerprint density at radius 3 is 2.93 bits per heavy atom. The number of rotatable bonds is 1. The van der Waals surface area contributed by atoms with Gasteiger partial charge in [-0.1, -0.05) is 15.9 Å². The molecule has 0 saturated carbocycles. The quantitative estimate of drug-likeness (QED) is 0.829. The molecule has 1 heterocycles. The molecule has 15 heavy (non-hydrogen) atoms. The van der Waals surface area contributed by atoms with Crippen molar-refractivity contribution in [1.82, 2.24) is 0 Å². The van der Waals surface area contributed by atoms with Crippen molar-refractivity contribution in [1.29, 1.82) is 0 Å². The number of benzene rings is 1. The van der Waals surface area contributed by atoms with Gasteiger partial charge in [-0.25, -0.2) is 4.39 Å². The molecule has 0 radical (unpaired) electrons. The molecule has 0 saturated heterocycles. The maximum absolute atomic E-state index is 13.4. The molecular weight excluding hydrogens is 259 g/mol. The summed E-state index contributed by atoms with van der Waals surface area (Å²) in [6.45, 7) is 0.845. The molecule has 0 spiro atoms. The van der Waals surface area contributed by atoms with Crippen LogP contribution in [-0.4, -0.2) is 12.4 Å². The highest BCUT2D eigenvalue weighted by Crippen LogP contribution is 2.21. The number of nitrogens with zero attached hydrogens (tertiary/aromatic N) is 1. The van der Waals surface area contributed by atoms with E-state index < -0.39 is 0 Å². The van der Waals surface area contributed by atoms with Crippen LogP contribution in [0.2, 0.25) is 0 Å². The summed E-state index contributed by atoms with van der Waals surface area (Å²) in [5.74, 6) is 0.643. The first-order chi connectivity index (χ1) is 7.25. The number of amidine groups is 1. The Hall–Kier alpha value is -0.900. The standard InChI is InChI=1S/C11H12BrFN2/c12-8-4-5-9(13)10(7-8)15-11-3-1-2-6-14-11/h4-5,7H,1-3,6H2,(H,14,15). The van der Waals surface area contributed by atoms with E-state index in [0.29, 0.717) is 5.69 Å². The lowest BCUT2D eigenvalue weighted by molar-refractivity contribution is 0.631. The third-order valence-corrected chi connectivity index (χ3v) is 2.82. The lowest BCUT2D eigenvalue weighted by Gasteiger charge is -2.14. The van der Waals surface area contributed by atoms with Crippen LogP contribution in [0.3, 0.4) is 0 Å². The predicted molar refractivity (Wildman–Crippen MR) is 63.9 cm³/mol. The molecule has 4 heteroatoms. The first-order valence-corrected chi connectivity index (χ1v) is 5.80. The van der Waals surface area contributed by atoms with Crippen LogP contribution in [0.5, 0.6) is 0 Å². The second-order valence-electron chi connectivity index (χ2n) is 3.53. The maximum atomic E-state index is 13.4. The Bertz CT molecular complexity index is 390. The maximum Gasteiger partial charge on any atom is 0.146 e. The fraction of sp³-hybridized carbons (Fsp3) is 0.364. The van der Waals surface area contributed by atoms with Crippen LogP contribution < -0.4 is 5.32 Å². The van der Waals surface area contributed by atoms with Gasteiger partial charge in [-0.15, -0.1) is 0 Å². The van der Waals surface area contributed by atoms with Gasteiger partial charge in [0.05, 0.1) is 5.69 Å². The normalized spacial score (nSPS) is 16.0. The molecule has 0 fully saturated rings. The fourth-order valence-electron chi connectivity index (χ4n) is 1.55. The number of halogens is 2. The molecule has 1 aromatic carbocycles. The summed E-state index contributed by atoms with van der Waals surface area (Å²) in [5.41, 5.74) is 0.491. The Balaban J connectivity index is 2.15. The van der Waals surface area contributed by atoms with E-state index in [2.05, 4.69) is 26.2 Å². The van der Waals surface area contributed by atoms with E-state index in [1.54, 1.807) is 12.1 Å². The van der Waals surface area contributed by atoms with Gasteiger partial charge in [0.25, 0.3) is 0 Å². The molecule has 0 aliphatic carbocycles. The molecule has 2 rings (SSSR count). The molecule has 1 N–H and O–H groups in total. The minimum absolute atomic E-state index is 0.244. The van der Waals surface area contributed by atoms with Crippen molar-refractivity contribution in [2.75, 3.05) is 11.9 Å². The largest absolute Gasteiger partial charge is 0.342 e. The van der Waals surface area contributed by atoms with Gasteiger partial charge >= 0.3 is 0 Å². The number of aliphatic imine (C=N–C) groups is 1. The van der Waals surface area contributed by atoms with E-state index >= 15 is 0 Å². The number of nitrogens with one attached hydrogen (secondary N) is 1. The molecule has 0 unspecified atom stereocenters. The van der Waals surface area contributed by atoms with Gasteiger partial charge in [-0.3, -0.25) is 4.99 Å². The highest BCUT2D eigenvalue weighted by atomic mass is 79.9. The molecule has 1 aromatic rings. The summed E-state index contributed by atoms with van der Waals surface area (Å²) in [4.78, 5) is 4.32. The number of hydrogen-bond acceptors (Lipinski definition) is 2. The first-order valence-electron chi connectivity index (χ1n) is 5.01. The van der Waals surface area contributed by atoms with Crippen LogP contribution in [-0.2, 0) is 0 Å². The second-order valence-corrected chi connectivity index (χ2v) is 4.45. The molecule has 2 nitrogen and oxygen atoms in total. The molecule has 0 atom stereocenters. The topological polar surface area (TPSA) is 24.4 Å². The average Bonchev–Trinajstić information content (AvgIpc) is 2.25. The van der Waals surface area contributed by atoms with Gasteiger partial charge in [0.2, 0.25) is 0 Å². The Morgan fingerprint density at radius 2 is 2.20 bits per heavy atom. The SMILES string of the molecule is Fc1ccc(Br)cc1NC1=NCCCC1. The average molecular weight is 271 g/mol. The van der Waals surface area contributed by atoms with Gasteiger partial charge in [0.15, 0.2) is 0 Å². The lowest BCUT2D eigenvalue weighted by atomic mass is 10.2. The van der Waals surface area contributed by atoms with Crippen molar-refractivity contribution in [3.05, 3.63) is 28.5 Å². The van der Waals surface area contributed by atoms with Crippen LogP contribution in [0.15, 0.2) is 27.7 Å². The van der Waals surface area contributed by atoms with Gasteiger partial charge in [-0.05, 0) is 31.0 Å². The summed E-state index contributed by atoms with van der Waals surface area (Å²) < 4.78 is 14.2. The minimum Gasteiger partial charge on any atom is -0.342 e. The fourth-order valence-corrected chi connectivity index (χ4v) is 1.91. The third kappa shape index (κ3) is 2.78. The van der Waals surface area contributed by atoms with Crippen LogP contribution in [0.25, 0.3) is 0 Å². The van der Waals surface area contributed by atoms with Crippen molar-refractivity contribution in [3.63, 3.8) is 0 Å². The zero-order chi connectivity index (χ0) is 10.7. The Labute approximate surface area is 96.7 Å². The third-order valence-electron chi connectivity index (χ3n) is 2.33. The molecule has 0 bridgehead atoms. The van der Waals surface area contributed by atoms with E-state index in [0.717, 1.165) is 36.1 Å². The molecule has 0 aromatic heterocycles. The summed E-state index contributed by atoms with van der Waals surface area (Å²) in [7, 11) is 0. The van der Waals surface area contributed by atoms with Crippen molar-refractivity contribution in [2.45, 2.75) is 19.3 Å². The molecule has 80 valence electrons. The minimum atomic E-state index is -0.244. The molecule has 0 amide bonds. The highest BCUT2D eigenvalue weighted by molar-refractivity contribution is 9.10. The van der Waals surface area contributed by atoms with Crippen LogP contribution in [0.4, 0.5) is 10.1 Å². The van der Waals surface area contributed by atoms with Crippen LogP contribution in [0.1, 0.15) is 19.3 Å². The zero-order valence-corrected chi connectivity index (χ0v) is 9.85. The predicted octanol–water partition coefficient (Wildman–Crippen LogP) is 3.58. The summed E-state index contributed by atoms with van der Waals surface area (Å²) in [6, 6.07) is 4.85. The van der Waals surface area contributed by atoms with E-state index in [1.165, 1.54) is 6.07 Å². The van der Waals surface area contributed by atoms with E-state index in [4.69, 9.17) is 0 Å². The molecular formula is C11H12BrFN2. The number of anilines is 1. The Kier molecular flexibility index (Phi) is 3.36. The van der Waals surface area contributed by atoms with Crippen molar-refractivity contribution in [3.8, 4) is 0 Å². The van der Waals surface area contributed by atoms with Crippen LogP contribution in [0, 0.1) is 5.82 Å². The Morgan fingerprint density at radius 1 is 1.33 bits per heavy atom. The monoisotopic (exact) mass is 270 g/mol. The summed E-state index contributed by atoms with van der Waals surface area (Å²) in [5, 5.41) is 3.03. The van der Waals surface area contributed by atoms with E-state index in [-0.39, 0.29) is 5.82 Å². The smallest absolute Gasteiger partial charge is 0.146 e. The van der Waals surface area contributed by atoms with E-state index in [9.17, 15) is 4.39 Å². The van der Waals surface area contributed by atoms with Crippen molar-refractivity contribution >= 4 is 27.5 Å². The first kappa shape index (κ1) is 10.6. The van der Waals surface area contributed by atoms with Crippen molar-refractivity contribution in [2.24, 2.45) is 4.99 Å². The summed E-state index contributed by atoms with van der Waals surface area (Å²) in [6.07, 6.45) is 3.17. The van der Waals surface area contributed by atoms with E-state index in [1.807, 2.05) is 0 Å². The zero-order valence-electron chi connectivity index (χ0n) is 8.26. The summed E-state index contributed by atoms with van der Waals surface area (Å²) >= 11 is 3.31.